The summed E-state index contributed by atoms with van der Waals surface area (Å²) in [6, 6.07) is 0.764. The van der Waals surface area contributed by atoms with Gasteiger partial charge in [0.1, 0.15) is 0 Å². The van der Waals surface area contributed by atoms with Gasteiger partial charge in [0, 0.05) is 6.04 Å². The van der Waals surface area contributed by atoms with E-state index >= 15 is 0 Å². The maximum absolute atomic E-state index is 6.74. The van der Waals surface area contributed by atoms with Crippen LogP contribution < -0.4 is 0 Å². The molecular weight excluding hydrogens is 148 g/mol. The van der Waals surface area contributed by atoms with Crippen LogP contribution in [-0.2, 0) is 0 Å². The van der Waals surface area contributed by atoms with Crippen LogP contribution in [0.25, 0.3) is 4.85 Å². The summed E-state index contributed by atoms with van der Waals surface area (Å²) >= 11 is 0. The van der Waals surface area contributed by atoms with Crippen LogP contribution in [0.5, 0.6) is 0 Å². The molecule has 0 aliphatic carbocycles. The molecule has 1 fully saturated rings. The van der Waals surface area contributed by atoms with Gasteiger partial charge < -0.3 is 4.85 Å². The smallest absolute Gasteiger partial charge is 0.227 e. The molecule has 1 unspecified atom stereocenters. The normalized spacial score (nSPS) is 25.2. The number of likely N-dealkylation sites (tertiary alicyclic amines) is 1. The van der Waals surface area contributed by atoms with Crippen LogP contribution in [0.4, 0.5) is 0 Å². The summed E-state index contributed by atoms with van der Waals surface area (Å²) in [7, 11) is 0. The molecule has 1 aliphatic rings. The number of rotatable bonds is 3. The Hall–Kier alpha value is -0.550. The maximum atomic E-state index is 6.74. The summed E-state index contributed by atoms with van der Waals surface area (Å²) in [5.41, 5.74) is 0. The van der Waals surface area contributed by atoms with E-state index in [0.29, 0.717) is 6.54 Å². The highest BCUT2D eigenvalue weighted by Gasteiger charge is 2.20. The fraction of sp³-hybridized carbons (Fsp3) is 0.900. The van der Waals surface area contributed by atoms with Gasteiger partial charge in [-0.25, -0.2) is 6.57 Å². The molecule has 12 heavy (non-hydrogen) atoms. The lowest BCUT2D eigenvalue weighted by Gasteiger charge is -2.33. The van der Waals surface area contributed by atoms with Gasteiger partial charge in [-0.2, -0.15) is 0 Å². The fourth-order valence-corrected chi connectivity index (χ4v) is 2.00. The highest BCUT2D eigenvalue weighted by atomic mass is 15.2. The van der Waals surface area contributed by atoms with E-state index in [1.54, 1.807) is 0 Å². The molecule has 1 atom stereocenters. The molecule has 1 heterocycles. The second-order valence-electron chi connectivity index (χ2n) is 3.48. The highest BCUT2D eigenvalue weighted by molar-refractivity contribution is 4.77. The summed E-state index contributed by atoms with van der Waals surface area (Å²) in [5.74, 6) is 0. The molecule has 0 aromatic carbocycles. The van der Waals surface area contributed by atoms with E-state index in [1.807, 2.05) is 0 Å². The van der Waals surface area contributed by atoms with Crippen molar-refractivity contribution in [1.29, 1.82) is 0 Å². The monoisotopic (exact) mass is 166 g/mol. The zero-order valence-corrected chi connectivity index (χ0v) is 7.92. The molecule has 0 aromatic heterocycles. The van der Waals surface area contributed by atoms with Crippen molar-refractivity contribution < 1.29 is 0 Å². The van der Waals surface area contributed by atoms with Gasteiger partial charge in [0.15, 0.2) is 0 Å². The maximum Gasteiger partial charge on any atom is 0.227 e. The Labute approximate surface area is 75.4 Å². The SMILES string of the molecule is [C-]#[N+]CCN1CCCCC1CC. The highest BCUT2D eigenvalue weighted by Crippen LogP contribution is 2.18. The van der Waals surface area contributed by atoms with Crippen LogP contribution in [0.3, 0.4) is 0 Å². The van der Waals surface area contributed by atoms with Crippen LogP contribution in [0.2, 0.25) is 0 Å². The summed E-state index contributed by atoms with van der Waals surface area (Å²) in [6.45, 7) is 11.9. The Kier molecular flexibility index (Phi) is 4.10. The van der Waals surface area contributed by atoms with E-state index in [-0.39, 0.29) is 0 Å². The van der Waals surface area contributed by atoms with Gasteiger partial charge in [-0.1, -0.05) is 13.3 Å². The summed E-state index contributed by atoms with van der Waals surface area (Å²) in [4.78, 5) is 5.89. The van der Waals surface area contributed by atoms with Gasteiger partial charge in [-0.15, -0.1) is 0 Å². The first-order valence-electron chi connectivity index (χ1n) is 4.95. The van der Waals surface area contributed by atoms with E-state index in [0.717, 1.165) is 12.6 Å². The van der Waals surface area contributed by atoms with Crippen LogP contribution in [0.15, 0.2) is 0 Å². The van der Waals surface area contributed by atoms with Crippen molar-refractivity contribution >= 4 is 0 Å². The number of nitrogens with zero attached hydrogens (tertiary/aromatic N) is 2. The average molecular weight is 166 g/mol. The third-order valence-corrected chi connectivity index (χ3v) is 2.72. The molecule has 0 bridgehead atoms. The molecule has 0 saturated carbocycles. The lowest BCUT2D eigenvalue weighted by molar-refractivity contribution is 0.151. The topological polar surface area (TPSA) is 7.60 Å². The lowest BCUT2D eigenvalue weighted by atomic mass is 10.0. The molecule has 2 nitrogen and oxygen atoms in total. The first-order valence-corrected chi connectivity index (χ1v) is 4.95. The minimum Gasteiger partial charge on any atom is -0.316 e. The number of hydrogen-bond donors (Lipinski definition) is 0. The van der Waals surface area contributed by atoms with Crippen LogP contribution in [0.1, 0.15) is 32.6 Å². The molecule has 0 amide bonds. The van der Waals surface area contributed by atoms with Gasteiger partial charge in [0.25, 0.3) is 0 Å². The van der Waals surface area contributed by atoms with Crippen molar-refractivity contribution in [2.45, 2.75) is 38.6 Å². The summed E-state index contributed by atoms with van der Waals surface area (Å²) in [6.07, 6.45) is 5.30. The number of hydrogen-bond acceptors (Lipinski definition) is 1. The molecule has 1 saturated heterocycles. The van der Waals surface area contributed by atoms with E-state index in [1.165, 1.54) is 32.2 Å². The summed E-state index contributed by atoms with van der Waals surface area (Å²) < 4.78 is 0. The minimum atomic E-state index is 0.677. The predicted octanol–water partition coefficient (Wildman–Crippen LogP) is 2.17. The molecule has 0 radical (unpaired) electrons. The third kappa shape index (κ3) is 2.49. The van der Waals surface area contributed by atoms with Gasteiger partial charge in [-0.05, 0) is 25.8 Å². The van der Waals surface area contributed by atoms with Crippen LogP contribution >= 0.6 is 0 Å². The fourth-order valence-electron chi connectivity index (χ4n) is 2.00. The van der Waals surface area contributed by atoms with Crippen molar-refractivity contribution in [1.82, 2.24) is 4.90 Å². The van der Waals surface area contributed by atoms with Crippen LogP contribution in [-0.4, -0.2) is 30.6 Å². The zero-order valence-electron chi connectivity index (χ0n) is 7.92. The van der Waals surface area contributed by atoms with Crippen molar-refractivity contribution in [2.24, 2.45) is 0 Å². The molecule has 68 valence electrons. The first kappa shape index (κ1) is 9.54. The van der Waals surface area contributed by atoms with E-state index < -0.39 is 0 Å². The van der Waals surface area contributed by atoms with Crippen molar-refractivity contribution in [2.75, 3.05) is 19.6 Å². The molecule has 0 N–H and O–H groups in total. The predicted molar refractivity (Wildman–Crippen MR) is 51.0 cm³/mol. The van der Waals surface area contributed by atoms with Gasteiger partial charge in [0.2, 0.25) is 6.54 Å². The Morgan fingerprint density at radius 2 is 2.33 bits per heavy atom. The number of piperidine rings is 1. The average Bonchev–Trinajstić information content (AvgIpc) is 2.15. The molecule has 0 aromatic rings. The second-order valence-corrected chi connectivity index (χ2v) is 3.48. The minimum absolute atomic E-state index is 0.677. The Bertz CT molecular complexity index is 160. The molecule has 2 heteroatoms. The zero-order chi connectivity index (χ0) is 8.81. The van der Waals surface area contributed by atoms with E-state index in [4.69, 9.17) is 6.57 Å². The second kappa shape index (κ2) is 5.16. The lowest BCUT2D eigenvalue weighted by Crippen LogP contribution is -2.40. The first-order chi connectivity index (χ1) is 5.88. The molecule has 1 rings (SSSR count). The van der Waals surface area contributed by atoms with Gasteiger partial charge in [0.05, 0.1) is 6.54 Å². The third-order valence-electron chi connectivity index (χ3n) is 2.72. The molecule has 0 spiro atoms. The van der Waals surface area contributed by atoms with Gasteiger partial charge in [-0.3, -0.25) is 4.90 Å². The van der Waals surface area contributed by atoms with Gasteiger partial charge >= 0.3 is 0 Å². The van der Waals surface area contributed by atoms with E-state index in [2.05, 4.69) is 16.7 Å². The van der Waals surface area contributed by atoms with Crippen molar-refractivity contribution in [3.8, 4) is 0 Å². The van der Waals surface area contributed by atoms with E-state index in [9.17, 15) is 0 Å². The van der Waals surface area contributed by atoms with Crippen LogP contribution in [0, 0.1) is 6.57 Å². The Morgan fingerprint density at radius 1 is 1.50 bits per heavy atom. The molecule has 1 aliphatic heterocycles. The Balaban J connectivity index is 2.32. The van der Waals surface area contributed by atoms with Crippen molar-refractivity contribution in [3.63, 3.8) is 0 Å². The largest absolute Gasteiger partial charge is 0.316 e. The quantitative estimate of drug-likeness (QED) is 0.583. The van der Waals surface area contributed by atoms with Crippen molar-refractivity contribution in [3.05, 3.63) is 11.4 Å². The standard InChI is InChI=1S/C10H18N2/c1-3-10-6-4-5-8-12(10)9-7-11-2/h10H,3-9H2,1H3. The Morgan fingerprint density at radius 3 is 3.00 bits per heavy atom. The molecular formula is C10H18N2. The summed E-state index contributed by atoms with van der Waals surface area (Å²) in [5, 5.41) is 0.